The number of alkyl halides is 2. The molecule has 4 rings (SSSR count). The van der Waals surface area contributed by atoms with Crippen molar-refractivity contribution in [3.8, 4) is 17.0 Å². The lowest BCUT2D eigenvalue weighted by Gasteiger charge is -2.14. The van der Waals surface area contributed by atoms with Gasteiger partial charge in [-0.2, -0.15) is 0 Å². The molecule has 7 heteroatoms. The second kappa shape index (κ2) is 6.02. The summed E-state index contributed by atoms with van der Waals surface area (Å²) < 4.78 is 62.4. The highest BCUT2D eigenvalue weighted by molar-refractivity contribution is 6.28. The van der Waals surface area contributed by atoms with E-state index in [1.54, 1.807) is 0 Å². The normalized spacial score (nSPS) is 14.7. The Morgan fingerprint density at radius 1 is 1.42 bits per heavy atom. The van der Waals surface area contributed by atoms with Crippen LogP contribution in [-0.2, 0) is 13.0 Å². The first-order valence-corrected chi connectivity index (χ1v) is 8.06. The highest BCUT2D eigenvalue weighted by Crippen LogP contribution is 2.38. The van der Waals surface area contributed by atoms with E-state index in [-0.39, 0.29) is 12.5 Å². The molecule has 0 saturated heterocycles. The van der Waals surface area contributed by atoms with Gasteiger partial charge in [0.2, 0.25) is 5.28 Å². The Morgan fingerprint density at radius 2 is 2.29 bits per heavy atom. The van der Waals surface area contributed by atoms with Gasteiger partial charge in [-0.25, -0.2) is 18.7 Å². The molecular formula is C17H22ClF2N3O. The van der Waals surface area contributed by atoms with Crippen molar-refractivity contribution in [1.29, 1.82) is 0 Å². The predicted octanol–water partition coefficient (Wildman–Crippen LogP) is 5.33. The highest BCUT2D eigenvalue weighted by atomic mass is 35.5. The molecule has 0 amide bonds. The number of hydrogen-bond acceptors (Lipinski definition) is 3. The van der Waals surface area contributed by atoms with Gasteiger partial charge in [0.1, 0.15) is 12.3 Å². The number of nitrogens with zero attached hydrogens (tertiary/aromatic N) is 3. The zero-order valence-electron chi connectivity index (χ0n) is 18.7. The molecule has 1 aliphatic heterocycles. The summed E-state index contributed by atoms with van der Waals surface area (Å²) in [7, 11) is 0. The standard InChI is InChI=1S/C17H14ClF2N3O.4H2/c18-17-21-7-13(24-9-14(19)20)15(22-17)12-8-23-6-2-4-10-3-1-5-11(12)16(10)23;;;;/h1,3,5,7-8,14H,2,4,6,9H2;4*1H/i;3*1+1D;1+1. The van der Waals surface area contributed by atoms with Crippen LogP contribution < -0.4 is 4.74 Å². The third kappa shape index (κ3) is 2.60. The van der Waals surface area contributed by atoms with Gasteiger partial charge in [-0.05, 0) is 30.0 Å². The second-order valence-corrected chi connectivity index (χ2v) is 6.05. The van der Waals surface area contributed by atoms with Crippen LogP contribution in [0.3, 0.4) is 0 Å². The molecule has 1 aliphatic rings. The molecule has 132 valence electrons. The van der Waals surface area contributed by atoms with Crippen LogP contribution in [-0.4, -0.2) is 27.6 Å². The maximum Gasteiger partial charge on any atom is 0.272 e. The van der Waals surface area contributed by atoms with Crippen LogP contribution in [0.1, 0.15) is 22.3 Å². The van der Waals surface area contributed by atoms with Crippen LogP contribution in [0.15, 0.2) is 30.6 Å². The highest BCUT2D eigenvalue weighted by Gasteiger charge is 2.21. The molecule has 0 fully saturated rings. The van der Waals surface area contributed by atoms with Gasteiger partial charge in [-0.3, -0.25) is 0 Å². The van der Waals surface area contributed by atoms with E-state index in [9.17, 15) is 8.78 Å². The third-order valence-electron chi connectivity index (χ3n) is 4.17. The van der Waals surface area contributed by atoms with Crippen molar-refractivity contribution < 1.29 is 23.9 Å². The van der Waals surface area contributed by atoms with Crippen molar-refractivity contribution >= 4 is 22.5 Å². The zero-order valence-corrected chi connectivity index (χ0v) is 13.4. The molecule has 3 heterocycles. The maximum atomic E-state index is 12.5. The molecule has 0 unspecified atom stereocenters. The lowest BCUT2D eigenvalue weighted by molar-refractivity contribution is 0.0818. The predicted molar refractivity (Wildman–Crippen MR) is 96.3 cm³/mol. The molecule has 0 atom stereocenters. The topological polar surface area (TPSA) is 39.9 Å². The quantitative estimate of drug-likeness (QED) is 0.588. The fourth-order valence-electron chi connectivity index (χ4n) is 3.25. The van der Waals surface area contributed by atoms with Crippen LogP contribution in [0.2, 0.25) is 5.28 Å². The van der Waals surface area contributed by atoms with E-state index in [0.717, 1.165) is 35.9 Å². The van der Waals surface area contributed by atoms with Crippen LogP contribution >= 0.6 is 11.6 Å². The second-order valence-electron chi connectivity index (χ2n) is 5.71. The number of benzene rings is 1. The molecule has 3 aromatic rings. The van der Waals surface area contributed by atoms with E-state index in [0.29, 0.717) is 5.69 Å². The SMILES string of the molecule is FC(F)COc1cnc(Cl)nc1-c1cn2c3c(cccc13)CCC2.[2HH].[2H][2H].[2H][2H].[2H][2H]. The van der Waals surface area contributed by atoms with Gasteiger partial charge in [0, 0.05) is 34.0 Å². The maximum absolute atomic E-state index is 12.5. The summed E-state index contributed by atoms with van der Waals surface area (Å²) in [6.07, 6.45) is 2.86. The van der Waals surface area contributed by atoms with Crippen molar-refractivity contribution in [3.05, 3.63) is 41.4 Å². The number of ether oxygens (including phenoxy) is 1. The Morgan fingerprint density at radius 3 is 3.12 bits per heavy atom. The minimum atomic E-state index is -2.57. The summed E-state index contributed by atoms with van der Waals surface area (Å²) in [5, 5.41) is 1.07. The number of para-hydroxylation sites is 1. The Balaban J connectivity index is 0.00000119. The van der Waals surface area contributed by atoms with Gasteiger partial charge in [-0.1, -0.05) is 18.2 Å². The molecule has 0 aliphatic carbocycles. The number of halogens is 3. The lowest BCUT2D eigenvalue weighted by atomic mass is 10.0. The van der Waals surface area contributed by atoms with Gasteiger partial charge in [0.25, 0.3) is 6.43 Å². The van der Waals surface area contributed by atoms with Crippen molar-refractivity contribution in [2.75, 3.05) is 6.61 Å². The van der Waals surface area contributed by atoms with E-state index >= 15 is 0 Å². The minimum Gasteiger partial charge on any atom is -0.484 e. The van der Waals surface area contributed by atoms with Crippen molar-refractivity contribution in [2.45, 2.75) is 25.8 Å². The van der Waals surface area contributed by atoms with E-state index in [1.807, 2.05) is 18.3 Å². The van der Waals surface area contributed by atoms with E-state index in [4.69, 9.17) is 25.2 Å². The summed E-state index contributed by atoms with van der Waals surface area (Å²) in [6.45, 7) is 0.210. The number of aryl methyl sites for hydroxylation is 2. The fraction of sp³-hybridized carbons (Fsp3) is 0.294. The summed E-state index contributed by atoms with van der Waals surface area (Å²) in [5.41, 5.74) is 3.70. The lowest BCUT2D eigenvalue weighted by Crippen LogP contribution is -2.08. The van der Waals surface area contributed by atoms with Crippen molar-refractivity contribution in [3.63, 3.8) is 0 Å². The zero-order chi connectivity index (χ0) is 22.7. The van der Waals surface area contributed by atoms with Gasteiger partial charge in [-0.15, -0.1) is 0 Å². The first kappa shape index (κ1) is 12.2. The molecule has 1 aromatic carbocycles. The summed E-state index contributed by atoms with van der Waals surface area (Å²) in [6, 6.07) is 6.12. The summed E-state index contributed by atoms with van der Waals surface area (Å²) in [4.78, 5) is 8.10. The van der Waals surface area contributed by atoms with Gasteiger partial charge < -0.3 is 9.30 Å². The van der Waals surface area contributed by atoms with Crippen molar-refractivity contribution in [1.82, 2.24) is 14.5 Å². The van der Waals surface area contributed by atoms with Gasteiger partial charge >= 0.3 is 0 Å². The molecule has 2 aromatic heterocycles. The number of aromatic nitrogens is 3. The minimum absolute atomic E-state index is 0. The number of rotatable bonds is 4. The monoisotopic (exact) mass is 364 g/mol. The first-order chi connectivity index (χ1) is 14.6. The van der Waals surface area contributed by atoms with Gasteiger partial charge in [0.15, 0.2) is 5.75 Å². The molecule has 24 heavy (non-hydrogen) atoms. The van der Waals surface area contributed by atoms with Gasteiger partial charge in [0.05, 0.1) is 11.7 Å². The average Bonchev–Trinajstić information content (AvgIpc) is 3.17. The van der Waals surface area contributed by atoms with E-state index < -0.39 is 13.0 Å². The largest absolute Gasteiger partial charge is 0.484 e. The molecule has 0 bridgehead atoms. The van der Waals surface area contributed by atoms with Crippen LogP contribution in [0.25, 0.3) is 22.2 Å². The number of hydrogen-bond donors (Lipinski definition) is 0. The Bertz CT molecular complexity index is 934. The Hall–Kier alpha value is -2.21. The first-order valence-electron chi connectivity index (χ1n) is 10.7. The van der Waals surface area contributed by atoms with Crippen LogP contribution in [0.4, 0.5) is 8.78 Å². The molecule has 0 saturated carbocycles. The van der Waals surface area contributed by atoms with E-state index in [2.05, 4.69) is 20.6 Å². The third-order valence-corrected chi connectivity index (χ3v) is 4.35. The summed E-state index contributed by atoms with van der Waals surface area (Å²) >= 11 is 5.93. The fourth-order valence-corrected chi connectivity index (χ4v) is 3.38. The van der Waals surface area contributed by atoms with Crippen molar-refractivity contribution in [2.24, 2.45) is 0 Å². The molecule has 0 radical (unpaired) electrons. The molecule has 4 nitrogen and oxygen atoms in total. The smallest absolute Gasteiger partial charge is 0.272 e. The summed E-state index contributed by atoms with van der Waals surface area (Å²) in [5.74, 6) is 0.211. The Labute approximate surface area is 152 Å². The Kier molecular flexibility index (Phi) is 3.06. The van der Waals surface area contributed by atoms with Crippen LogP contribution in [0.5, 0.6) is 5.75 Å². The molecule has 0 spiro atoms. The molecular weight excluding hydrogens is 336 g/mol. The van der Waals surface area contributed by atoms with E-state index in [1.165, 1.54) is 11.8 Å². The average molecular weight is 365 g/mol. The van der Waals surface area contributed by atoms with Crippen LogP contribution in [0, 0.1) is 0 Å². The molecule has 0 N–H and O–H groups in total.